The van der Waals surface area contributed by atoms with E-state index >= 15 is 0 Å². The number of hydrogen-bond donors (Lipinski definition) is 0. The number of ether oxygens (including phenoxy) is 1. The minimum Gasteiger partial charge on any atom is -0.493 e. The summed E-state index contributed by atoms with van der Waals surface area (Å²) in [6.45, 7) is 0.510. The van der Waals surface area contributed by atoms with Gasteiger partial charge in [0.15, 0.2) is 0 Å². The molecule has 0 unspecified atom stereocenters. The van der Waals surface area contributed by atoms with Crippen LogP contribution >= 0.6 is 0 Å². The third-order valence-corrected chi connectivity index (χ3v) is 3.63. The fraction of sp³-hybridized carbons (Fsp3) is 0.533. The van der Waals surface area contributed by atoms with Gasteiger partial charge in [0.25, 0.3) is 0 Å². The van der Waals surface area contributed by atoms with Crippen molar-refractivity contribution in [1.82, 2.24) is 0 Å². The Morgan fingerprint density at radius 1 is 1.20 bits per heavy atom. The van der Waals surface area contributed by atoms with Crippen molar-refractivity contribution in [3.8, 4) is 11.8 Å². The Balaban J connectivity index is 2.04. The minimum atomic E-state index is -4.51. The molecule has 2 rings (SSSR count). The van der Waals surface area contributed by atoms with E-state index in [0.29, 0.717) is 18.3 Å². The average molecular weight is 283 g/mol. The Bertz CT molecular complexity index is 499. The van der Waals surface area contributed by atoms with Crippen molar-refractivity contribution in [2.24, 2.45) is 5.92 Å². The highest BCUT2D eigenvalue weighted by atomic mass is 19.4. The number of alkyl halides is 3. The molecule has 0 saturated heterocycles. The maximum Gasteiger partial charge on any atom is 0.417 e. The molecule has 1 aromatic carbocycles. The predicted molar refractivity (Wildman–Crippen MR) is 68.2 cm³/mol. The van der Waals surface area contributed by atoms with Gasteiger partial charge in [-0.25, -0.2) is 0 Å². The zero-order valence-electron chi connectivity index (χ0n) is 11.0. The predicted octanol–water partition coefficient (Wildman–Crippen LogP) is 4.54. The molecule has 1 aliphatic rings. The van der Waals surface area contributed by atoms with Gasteiger partial charge in [-0.1, -0.05) is 19.3 Å². The molecule has 0 heterocycles. The van der Waals surface area contributed by atoms with Gasteiger partial charge < -0.3 is 4.74 Å². The van der Waals surface area contributed by atoms with Gasteiger partial charge in [-0.3, -0.25) is 0 Å². The summed E-state index contributed by atoms with van der Waals surface area (Å²) in [6, 6.07) is 4.95. The highest BCUT2D eigenvalue weighted by molar-refractivity contribution is 5.44. The van der Waals surface area contributed by atoms with Crippen molar-refractivity contribution >= 4 is 0 Å². The number of hydrogen-bond acceptors (Lipinski definition) is 2. The first kappa shape index (κ1) is 14.7. The molecule has 1 fully saturated rings. The van der Waals surface area contributed by atoms with E-state index < -0.39 is 17.3 Å². The van der Waals surface area contributed by atoms with Gasteiger partial charge in [0, 0.05) is 0 Å². The molecular weight excluding hydrogens is 267 g/mol. The number of nitrogens with zero attached hydrogens (tertiary/aromatic N) is 1. The van der Waals surface area contributed by atoms with Crippen molar-refractivity contribution in [2.75, 3.05) is 6.61 Å². The van der Waals surface area contributed by atoms with Crippen molar-refractivity contribution in [2.45, 2.75) is 38.3 Å². The maximum absolute atomic E-state index is 12.7. The molecule has 20 heavy (non-hydrogen) atoms. The highest BCUT2D eigenvalue weighted by Gasteiger charge is 2.33. The number of nitriles is 1. The molecule has 0 atom stereocenters. The molecule has 0 radical (unpaired) electrons. The molecule has 5 heteroatoms. The Hall–Kier alpha value is -1.70. The van der Waals surface area contributed by atoms with Crippen molar-refractivity contribution in [3.05, 3.63) is 29.3 Å². The van der Waals surface area contributed by atoms with E-state index in [-0.39, 0.29) is 0 Å². The van der Waals surface area contributed by atoms with Crippen LogP contribution in [0, 0.1) is 17.2 Å². The van der Waals surface area contributed by atoms with Gasteiger partial charge in [-0.05, 0) is 37.0 Å². The summed E-state index contributed by atoms with van der Waals surface area (Å²) in [5, 5.41) is 8.82. The summed E-state index contributed by atoms with van der Waals surface area (Å²) in [4.78, 5) is 0. The van der Waals surface area contributed by atoms with E-state index in [9.17, 15) is 13.2 Å². The first-order valence-electron chi connectivity index (χ1n) is 6.75. The molecule has 0 N–H and O–H groups in total. The molecular formula is C15H16F3NO. The van der Waals surface area contributed by atoms with Crippen LogP contribution in [0.2, 0.25) is 0 Å². The molecule has 1 aromatic rings. The number of rotatable bonds is 3. The van der Waals surface area contributed by atoms with E-state index in [2.05, 4.69) is 0 Å². The molecule has 0 bridgehead atoms. The molecule has 2 nitrogen and oxygen atoms in total. The quantitative estimate of drug-likeness (QED) is 0.816. The third kappa shape index (κ3) is 3.66. The van der Waals surface area contributed by atoms with Gasteiger partial charge in [0.05, 0.1) is 23.8 Å². The van der Waals surface area contributed by atoms with Crippen LogP contribution in [-0.4, -0.2) is 6.61 Å². The van der Waals surface area contributed by atoms with Crippen LogP contribution in [0.25, 0.3) is 0 Å². The van der Waals surface area contributed by atoms with Crippen LogP contribution in [0.3, 0.4) is 0 Å². The maximum atomic E-state index is 12.7. The van der Waals surface area contributed by atoms with E-state index in [1.807, 2.05) is 0 Å². The molecule has 0 aliphatic heterocycles. The highest BCUT2D eigenvalue weighted by Crippen LogP contribution is 2.33. The lowest BCUT2D eigenvalue weighted by molar-refractivity contribution is -0.137. The monoisotopic (exact) mass is 283 g/mol. The normalized spacial score (nSPS) is 16.7. The summed E-state index contributed by atoms with van der Waals surface area (Å²) in [7, 11) is 0. The van der Waals surface area contributed by atoms with E-state index in [4.69, 9.17) is 10.00 Å². The van der Waals surface area contributed by atoms with Crippen LogP contribution in [0.4, 0.5) is 13.2 Å². The van der Waals surface area contributed by atoms with Crippen molar-refractivity contribution in [1.29, 1.82) is 5.26 Å². The fourth-order valence-electron chi connectivity index (χ4n) is 2.52. The largest absolute Gasteiger partial charge is 0.493 e. The lowest BCUT2D eigenvalue weighted by Gasteiger charge is -2.21. The zero-order valence-corrected chi connectivity index (χ0v) is 11.0. The van der Waals surface area contributed by atoms with Gasteiger partial charge >= 0.3 is 6.18 Å². The lowest BCUT2D eigenvalue weighted by Crippen LogP contribution is -2.15. The second-order valence-corrected chi connectivity index (χ2v) is 5.13. The first-order chi connectivity index (χ1) is 9.50. The van der Waals surface area contributed by atoms with Gasteiger partial charge in [-0.2, -0.15) is 18.4 Å². The summed E-state index contributed by atoms with van der Waals surface area (Å²) in [5.74, 6) is 0.803. The smallest absolute Gasteiger partial charge is 0.417 e. The Kier molecular flexibility index (Phi) is 4.53. The molecule has 108 valence electrons. The number of halogens is 3. The SMILES string of the molecule is N#Cc1cc(OCC2CCCCC2)ccc1C(F)(F)F. The topological polar surface area (TPSA) is 33.0 Å². The first-order valence-corrected chi connectivity index (χ1v) is 6.75. The lowest BCUT2D eigenvalue weighted by atomic mass is 9.90. The summed E-state index contributed by atoms with van der Waals surface area (Å²) >= 11 is 0. The van der Waals surface area contributed by atoms with E-state index in [1.54, 1.807) is 6.07 Å². The van der Waals surface area contributed by atoms with Gasteiger partial charge in [0.1, 0.15) is 5.75 Å². The zero-order chi connectivity index (χ0) is 14.6. The molecule has 0 amide bonds. The van der Waals surface area contributed by atoms with Crippen molar-refractivity contribution < 1.29 is 17.9 Å². The Morgan fingerprint density at radius 3 is 2.50 bits per heavy atom. The minimum absolute atomic E-state index is 0.333. The second kappa shape index (κ2) is 6.17. The van der Waals surface area contributed by atoms with Crippen LogP contribution in [0.5, 0.6) is 5.75 Å². The number of benzene rings is 1. The van der Waals surface area contributed by atoms with E-state index in [1.165, 1.54) is 31.4 Å². The van der Waals surface area contributed by atoms with Crippen LogP contribution < -0.4 is 4.74 Å². The Labute approximate surface area is 116 Å². The molecule has 1 aliphatic carbocycles. The van der Waals surface area contributed by atoms with Crippen LogP contribution in [0.15, 0.2) is 18.2 Å². The second-order valence-electron chi connectivity index (χ2n) is 5.13. The standard InChI is InChI=1S/C15H16F3NO/c16-15(17,18)14-7-6-13(8-12(14)9-19)20-10-11-4-2-1-3-5-11/h6-8,11H,1-5,10H2. The third-order valence-electron chi connectivity index (χ3n) is 3.63. The van der Waals surface area contributed by atoms with Crippen molar-refractivity contribution in [3.63, 3.8) is 0 Å². The average Bonchev–Trinajstić information content (AvgIpc) is 2.45. The molecule has 0 aromatic heterocycles. The van der Waals surface area contributed by atoms with Crippen LogP contribution in [0.1, 0.15) is 43.2 Å². The summed E-state index contributed by atoms with van der Waals surface area (Å²) in [6.07, 6.45) is 1.31. The summed E-state index contributed by atoms with van der Waals surface area (Å²) < 4.78 is 43.5. The summed E-state index contributed by atoms with van der Waals surface area (Å²) in [5.41, 5.74) is -1.30. The van der Waals surface area contributed by atoms with Gasteiger partial charge in [-0.15, -0.1) is 0 Å². The van der Waals surface area contributed by atoms with Crippen LogP contribution in [-0.2, 0) is 6.18 Å². The fourth-order valence-corrected chi connectivity index (χ4v) is 2.52. The van der Waals surface area contributed by atoms with Gasteiger partial charge in [0.2, 0.25) is 0 Å². The molecule has 0 spiro atoms. The Morgan fingerprint density at radius 2 is 1.90 bits per heavy atom. The van der Waals surface area contributed by atoms with E-state index in [0.717, 1.165) is 18.9 Å². The molecule has 1 saturated carbocycles.